The fraction of sp³-hybridized carbons (Fsp3) is 0.387. The van der Waals surface area contributed by atoms with Crippen LogP contribution in [0.1, 0.15) is 42.9 Å². The molecule has 0 fully saturated rings. The molecule has 0 radical (unpaired) electrons. The van der Waals surface area contributed by atoms with Crippen molar-refractivity contribution in [2.45, 2.75) is 50.1 Å². The zero-order valence-electron chi connectivity index (χ0n) is 26.2. The van der Waals surface area contributed by atoms with Gasteiger partial charge in [0.25, 0.3) is 10.2 Å². The van der Waals surface area contributed by atoms with E-state index >= 15 is 0 Å². The Balaban J connectivity index is 1.60. The monoisotopic (exact) mass is 725 g/mol. The summed E-state index contributed by atoms with van der Waals surface area (Å²) in [6, 6.07) is 7.23. The molecule has 0 aromatic heterocycles. The Hall–Kier alpha value is -5.33. The van der Waals surface area contributed by atoms with E-state index in [1.165, 1.54) is 24.3 Å². The summed E-state index contributed by atoms with van der Waals surface area (Å²) in [5.74, 6) is -1.81. The van der Waals surface area contributed by atoms with Crippen LogP contribution in [-0.4, -0.2) is 55.9 Å². The van der Waals surface area contributed by atoms with Crippen LogP contribution in [0.15, 0.2) is 66.4 Å². The van der Waals surface area contributed by atoms with Gasteiger partial charge in [-0.2, -0.15) is 13.2 Å². The second kappa shape index (κ2) is 14.7. The zero-order valence-corrected chi connectivity index (χ0v) is 27.1. The number of benzene rings is 2. The summed E-state index contributed by atoms with van der Waals surface area (Å²) in [4.78, 5) is 44.0. The molecule has 2 aromatic carbocycles. The van der Waals surface area contributed by atoms with Crippen LogP contribution in [0.3, 0.4) is 0 Å². The first-order chi connectivity index (χ1) is 23.8. The standard InChI is InChI=1S/C31H30F3N3O12S/c1-2-19-14-15-22(29-28(19)46-18-47-29)26-21-10-3-6-13-25(21)50(43,44)35(24-12-5-4-11-23(24)31(32,33)34)27(26)30(38)45-16-8-7-9-20(49-37(41)42)17-48-36(39)40/h3-6,10-15,20-21,25H,2,7-9,16-18H2,1H3. The van der Waals surface area contributed by atoms with Crippen LogP contribution < -0.4 is 13.8 Å². The number of halogens is 3. The number of aryl methyl sites for hydroxylation is 1. The molecule has 268 valence electrons. The maximum absolute atomic E-state index is 14.4. The molecule has 2 aromatic rings. The van der Waals surface area contributed by atoms with Crippen molar-refractivity contribution in [3.8, 4) is 11.5 Å². The van der Waals surface area contributed by atoms with Crippen molar-refractivity contribution in [1.82, 2.24) is 0 Å². The Morgan fingerprint density at radius 3 is 2.46 bits per heavy atom. The normalized spacial score (nSPS) is 19.5. The minimum atomic E-state index is -5.03. The van der Waals surface area contributed by atoms with Gasteiger partial charge in [-0.15, -0.1) is 20.2 Å². The molecule has 1 aliphatic carbocycles. The summed E-state index contributed by atoms with van der Waals surface area (Å²) < 4.78 is 89.3. The lowest BCUT2D eigenvalue weighted by Gasteiger charge is -2.41. The summed E-state index contributed by atoms with van der Waals surface area (Å²) in [5.41, 5.74) is -1.86. The fourth-order valence-corrected chi connectivity index (χ4v) is 7.97. The van der Waals surface area contributed by atoms with Gasteiger partial charge < -0.3 is 23.9 Å². The smallest absolute Gasteiger partial charge is 0.418 e. The van der Waals surface area contributed by atoms with E-state index in [2.05, 4.69) is 9.68 Å². The molecule has 0 bridgehead atoms. The lowest BCUT2D eigenvalue weighted by molar-refractivity contribution is -0.790. The van der Waals surface area contributed by atoms with E-state index in [1.54, 1.807) is 18.2 Å². The second-order valence-corrected chi connectivity index (χ2v) is 13.1. The van der Waals surface area contributed by atoms with Crippen LogP contribution in [0.25, 0.3) is 5.57 Å². The summed E-state index contributed by atoms with van der Waals surface area (Å²) in [7, 11) is -4.78. The molecule has 0 saturated carbocycles. The largest absolute Gasteiger partial charge is 0.461 e. The summed E-state index contributed by atoms with van der Waals surface area (Å²) in [5, 5.41) is 17.6. The Kier molecular flexibility index (Phi) is 10.5. The first-order valence-corrected chi connectivity index (χ1v) is 16.7. The van der Waals surface area contributed by atoms with Gasteiger partial charge in [-0.3, -0.25) is 0 Å². The predicted octanol–water partition coefficient (Wildman–Crippen LogP) is 5.17. The quantitative estimate of drug-likeness (QED) is 0.108. The van der Waals surface area contributed by atoms with Crippen molar-refractivity contribution in [3.63, 3.8) is 0 Å². The Labute approximate surface area is 282 Å². The zero-order chi connectivity index (χ0) is 36.2. The molecule has 3 aliphatic rings. The van der Waals surface area contributed by atoms with Gasteiger partial charge in [0.05, 0.1) is 17.9 Å². The number of carbonyl (C=O) groups is 1. The Bertz CT molecular complexity index is 1860. The van der Waals surface area contributed by atoms with E-state index in [9.17, 15) is 46.6 Å². The second-order valence-electron chi connectivity index (χ2n) is 11.1. The van der Waals surface area contributed by atoms with E-state index in [0.29, 0.717) is 22.5 Å². The molecule has 0 N–H and O–H groups in total. The lowest BCUT2D eigenvalue weighted by Crippen LogP contribution is -2.49. The molecular weight excluding hydrogens is 695 g/mol. The van der Waals surface area contributed by atoms with Gasteiger partial charge in [0.15, 0.2) is 11.5 Å². The average molecular weight is 726 g/mol. The van der Waals surface area contributed by atoms with Crippen molar-refractivity contribution in [2.75, 3.05) is 24.3 Å². The maximum Gasteiger partial charge on any atom is 0.418 e. The minimum Gasteiger partial charge on any atom is -0.461 e. The van der Waals surface area contributed by atoms with E-state index in [0.717, 1.165) is 17.7 Å². The fourth-order valence-electron chi connectivity index (χ4n) is 5.98. The highest BCUT2D eigenvalue weighted by molar-refractivity contribution is 7.94. The van der Waals surface area contributed by atoms with Crippen LogP contribution in [0.5, 0.6) is 11.5 Å². The number of unbranched alkanes of at least 4 members (excludes halogenated alkanes) is 1. The van der Waals surface area contributed by atoms with Crippen molar-refractivity contribution in [3.05, 3.63) is 103 Å². The third-order valence-electron chi connectivity index (χ3n) is 8.12. The number of hydrogen-bond acceptors (Lipinski definition) is 12. The molecular formula is C31H30F3N3O12S. The maximum atomic E-state index is 14.4. The van der Waals surface area contributed by atoms with Gasteiger partial charge in [-0.05, 0) is 43.4 Å². The number of rotatable bonds is 14. The predicted molar refractivity (Wildman–Crippen MR) is 167 cm³/mol. The average Bonchev–Trinajstić information content (AvgIpc) is 3.56. The van der Waals surface area contributed by atoms with Gasteiger partial charge in [-0.25, -0.2) is 17.5 Å². The first-order valence-electron chi connectivity index (χ1n) is 15.2. The highest BCUT2D eigenvalue weighted by Crippen LogP contribution is 2.52. The molecule has 19 heteroatoms. The number of esters is 1. The van der Waals surface area contributed by atoms with Crippen LogP contribution >= 0.6 is 0 Å². The number of carbonyl (C=O) groups excluding carboxylic acids is 1. The van der Waals surface area contributed by atoms with Gasteiger partial charge in [0.2, 0.25) is 16.8 Å². The molecule has 3 atom stereocenters. The lowest BCUT2D eigenvalue weighted by atomic mass is 9.84. The van der Waals surface area contributed by atoms with Crippen molar-refractivity contribution in [2.24, 2.45) is 5.92 Å². The van der Waals surface area contributed by atoms with E-state index in [-0.39, 0.29) is 42.9 Å². The summed E-state index contributed by atoms with van der Waals surface area (Å²) in [6.45, 7) is 0.520. The van der Waals surface area contributed by atoms with Crippen molar-refractivity contribution < 1.29 is 60.4 Å². The molecule has 50 heavy (non-hydrogen) atoms. The third-order valence-corrected chi connectivity index (χ3v) is 10.1. The Morgan fingerprint density at radius 1 is 1.04 bits per heavy atom. The van der Waals surface area contributed by atoms with Crippen LogP contribution in [0, 0.1) is 26.1 Å². The number of alkyl halides is 3. The summed E-state index contributed by atoms with van der Waals surface area (Å²) >= 11 is 0. The van der Waals surface area contributed by atoms with Gasteiger partial charge in [-0.1, -0.05) is 55.5 Å². The highest BCUT2D eigenvalue weighted by Gasteiger charge is 2.51. The van der Waals surface area contributed by atoms with Gasteiger partial charge in [0.1, 0.15) is 23.7 Å². The van der Waals surface area contributed by atoms with Gasteiger partial charge >= 0.3 is 12.1 Å². The first kappa shape index (κ1) is 36.0. The third kappa shape index (κ3) is 7.31. The van der Waals surface area contributed by atoms with E-state index in [1.807, 2.05) is 6.92 Å². The number of para-hydroxylation sites is 1. The molecule has 5 rings (SSSR count). The number of nitrogens with zero attached hydrogens (tertiary/aromatic N) is 3. The topological polar surface area (TPSA) is 187 Å². The number of fused-ring (bicyclic) bond motifs is 2. The number of hydrogen-bond donors (Lipinski definition) is 0. The van der Waals surface area contributed by atoms with E-state index in [4.69, 9.17) is 14.2 Å². The summed E-state index contributed by atoms with van der Waals surface area (Å²) in [6.07, 6.45) is -0.0259. The van der Waals surface area contributed by atoms with E-state index < -0.39 is 79.8 Å². The number of ether oxygens (including phenoxy) is 3. The Morgan fingerprint density at radius 2 is 1.76 bits per heavy atom. The van der Waals surface area contributed by atoms with Crippen LogP contribution in [-0.2, 0) is 41.8 Å². The molecule has 2 heterocycles. The molecule has 0 amide bonds. The SMILES string of the molecule is CCc1ccc(C2=C(C(=O)OCCCCC(CO[N+](=O)[O-])O[N+](=O)[O-])N(c3ccccc3C(F)(F)F)S(=O)(=O)C3C=CC=CC23)c2c1OCO2. The van der Waals surface area contributed by atoms with Crippen molar-refractivity contribution >= 4 is 27.3 Å². The minimum absolute atomic E-state index is 0.00250. The number of sulfonamides is 1. The molecule has 0 spiro atoms. The number of allylic oxidation sites excluding steroid dienone is 4. The van der Waals surface area contributed by atoms with Crippen LogP contribution in [0.4, 0.5) is 18.9 Å². The van der Waals surface area contributed by atoms with Gasteiger partial charge in [0, 0.05) is 17.1 Å². The highest BCUT2D eigenvalue weighted by atomic mass is 32.2. The molecule has 3 unspecified atom stereocenters. The molecule has 0 saturated heterocycles. The molecule has 15 nitrogen and oxygen atoms in total. The van der Waals surface area contributed by atoms with Crippen LogP contribution in [0.2, 0.25) is 0 Å². The number of anilines is 1. The molecule has 2 aliphatic heterocycles. The van der Waals surface area contributed by atoms with Crippen molar-refractivity contribution in [1.29, 1.82) is 0 Å².